The van der Waals surface area contributed by atoms with Crippen molar-refractivity contribution in [3.8, 4) is 5.75 Å². The molecule has 0 radical (unpaired) electrons. The number of fused-ring (bicyclic) bond motifs is 1. The Morgan fingerprint density at radius 2 is 1.94 bits per heavy atom. The maximum Gasteiger partial charge on any atom is 0.258 e. The van der Waals surface area contributed by atoms with E-state index in [1.54, 1.807) is 37.8 Å². The summed E-state index contributed by atoms with van der Waals surface area (Å²) in [5.74, 6) is 0.156. The van der Waals surface area contributed by atoms with Gasteiger partial charge in [-0.05, 0) is 32.9 Å². The SMILES string of the molecule is Cc1noc(C)c1S(=O)(=O)N(C)C[C@@H]1Oc2c(cccc2N(C)C)C(=O)N([C@H](C)CO)C[C@@H]1C. The van der Waals surface area contributed by atoms with Crippen LogP contribution in [0.5, 0.6) is 5.75 Å². The third kappa shape index (κ3) is 4.77. The molecule has 0 aliphatic carbocycles. The van der Waals surface area contributed by atoms with Gasteiger partial charge in [0.05, 0.1) is 30.4 Å². The standard InChI is InChI=1S/C23H34N4O6S/c1-14-11-27(15(2)13-28)23(29)18-9-8-10-19(25(5)6)21(18)32-20(14)12-26(7)34(30,31)22-16(3)24-33-17(22)4/h8-10,14-15,20,28H,11-13H2,1-7H3/t14-,15+,20-/m0/s1. The zero-order chi connectivity index (χ0) is 25.4. The van der Waals surface area contributed by atoms with E-state index in [0.29, 0.717) is 29.2 Å². The fourth-order valence-corrected chi connectivity index (χ4v) is 5.61. The van der Waals surface area contributed by atoms with E-state index >= 15 is 0 Å². The summed E-state index contributed by atoms with van der Waals surface area (Å²) >= 11 is 0. The van der Waals surface area contributed by atoms with Gasteiger partial charge in [-0.15, -0.1) is 0 Å². The first-order valence-corrected chi connectivity index (χ1v) is 12.6. The number of hydrogen-bond donors (Lipinski definition) is 1. The molecule has 1 aliphatic rings. The minimum absolute atomic E-state index is 0.0459. The number of sulfonamides is 1. The lowest BCUT2D eigenvalue weighted by Gasteiger charge is -2.38. The molecule has 188 valence electrons. The lowest BCUT2D eigenvalue weighted by molar-refractivity contribution is 0.0388. The van der Waals surface area contributed by atoms with E-state index in [9.17, 15) is 18.3 Å². The fraction of sp³-hybridized carbons (Fsp3) is 0.565. The Balaban J connectivity index is 2.05. The fourth-order valence-electron chi connectivity index (χ4n) is 4.15. The number of carbonyl (C=O) groups excluding carboxylic acids is 1. The van der Waals surface area contributed by atoms with Crippen LogP contribution in [0.25, 0.3) is 0 Å². The van der Waals surface area contributed by atoms with E-state index in [1.807, 2.05) is 32.0 Å². The van der Waals surface area contributed by atoms with Crippen molar-refractivity contribution in [2.24, 2.45) is 5.92 Å². The van der Waals surface area contributed by atoms with Crippen LogP contribution < -0.4 is 9.64 Å². The van der Waals surface area contributed by atoms with E-state index in [2.05, 4.69) is 5.16 Å². The number of nitrogens with zero attached hydrogens (tertiary/aromatic N) is 4. The predicted octanol–water partition coefficient (Wildman–Crippen LogP) is 1.90. The number of benzene rings is 1. The first kappa shape index (κ1) is 26.0. The second kappa shape index (κ2) is 9.93. The van der Waals surface area contributed by atoms with Crippen molar-refractivity contribution in [1.29, 1.82) is 0 Å². The van der Waals surface area contributed by atoms with Crippen LogP contribution in [0.2, 0.25) is 0 Å². The molecule has 3 atom stereocenters. The molecule has 1 aromatic heterocycles. The summed E-state index contributed by atoms with van der Waals surface area (Å²) in [6, 6.07) is 4.91. The highest BCUT2D eigenvalue weighted by atomic mass is 32.2. The minimum atomic E-state index is -3.88. The van der Waals surface area contributed by atoms with E-state index in [0.717, 1.165) is 0 Å². The Hall–Kier alpha value is -2.63. The molecule has 0 saturated heterocycles. The van der Waals surface area contributed by atoms with Crippen molar-refractivity contribution in [2.75, 3.05) is 45.7 Å². The molecule has 2 heterocycles. The molecule has 2 aromatic rings. The van der Waals surface area contributed by atoms with Crippen LogP contribution in [0, 0.1) is 19.8 Å². The van der Waals surface area contributed by atoms with Crippen molar-refractivity contribution in [3.63, 3.8) is 0 Å². The Bertz CT molecular complexity index is 1130. The van der Waals surface area contributed by atoms with Crippen LogP contribution in [-0.2, 0) is 10.0 Å². The largest absolute Gasteiger partial charge is 0.486 e. The molecule has 3 rings (SSSR count). The minimum Gasteiger partial charge on any atom is -0.486 e. The molecule has 34 heavy (non-hydrogen) atoms. The Kier molecular flexibility index (Phi) is 7.59. The maximum atomic E-state index is 13.4. The number of aliphatic hydroxyl groups is 1. The number of rotatable bonds is 7. The molecular weight excluding hydrogens is 460 g/mol. The Morgan fingerprint density at radius 1 is 1.26 bits per heavy atom. The number of carbonyl (C=O) groups is 1. The zero-order valence-corrected chi connectivity index (χ0v) is 21.6. The monoisotopic (exact) mass is 494 g/mol. The Morgan fingerprint density at radius 3 is 2.50 bits per heavy atom. The van der Waals surface area contributed by atoms with Crippen molar-refractivity contribution in [1.82, 2.24) is 14.4 Å². The topological polar surface area (TPSA) is 116 Å². The molecular formula is C23H34N4O6S. The molecule has 1 N–H and O–H groups in total. The smallest absolute Gasteiger partial charge is 0.258 e. The zero-order valence-electron chi connectivity index (χ0n) is 20.8. The van der Waals surface area contributed by atoms with Crippen molar-refractivity contribution >= 4 is 21.6 Å². The van der Waals surface area contributed by atoms with Crippen LogP contribution in [0.4, 0.5) is 5.69 Å². The van der Waals surface area contributed by atoms with Gasteiger partial charge in [-0.1, -0.05) is 18.1 Å². The maximum absolute atomic E-state index is 13.4. The van der Waals surface area contributed by atoms with Gasteiger partial charge in [-0.3, -0.25) is 4.79 Å². The average molecular weight is 495 g/mol. The van der Waals surface area contributed by atoms with Gasteiger partial charge >= 0.3 is 0 Å². The van der Waals surface area contributed by atoms with Gasteiger partial charge in [0.15, 0.2) is 11.5 Å². The molecule has 1 amide bonds. The summed E-state index contributed by atoms with van der Waals surface area (Å²) in [5.41, 5.74) is 1.38. The quantitative estimate of drug-likeness (QED) is 0.620. The van der Waals surface area contributed by atoms with Gasteiger partial charge in [0.2, 0.25) is 10.0 Å². The van der Waals surface area contributed by atoms with Crippen LogP contribution >= 0.6 is 0 Å². The summed E-state index contributed by atoms with van der Waals surface area (Å²) in [4.78, 5) is 16.9. The first-order chi connectivity index (χ1) is 15.9. The van der Waals surface area contributed by atoms with Crippen LogP contribution in [0.15, 0.2) is 27.6 Å². The summed E-state index contributed by atoms with van der Waals surface area (Å²) in [7, 11) is 1.31. The van der Waals surface area contributed by atoms with Crippen molar-refractivity contribution in [3.05, 3.63) is 35.2 Å². The second-order valence-electron chi connectivity index (χ2n) is 9.11. The van der Waals surface area contributed by atoms with Crippen LogP contribution in [0.1, 0.15) is 35.7 Å². The van der Waals surface area contributed by atoms with Gasteiger partial charge in [0.1, 0.15) is 16.7 Å². The average Bonchev–Trinajstić information content (AvgIpc) is 3.13. The summed E-state index contributed by atoms with van der Waals surface area (Å²) in [6.45, 7) is 7.01. The first-order valence-electron chi connectivity index (χ1n) is 11.2. The molecule has 0 bridgehead atoms. The second-order valence-corrected chi connectivity index (χ2v) is 11.1. The molecule has 1 aromatic carbocycles. The highest BCUT2D eigenvalue weighted by molar-refractivity contribution is 7.89. The number of aromatic nitrogens is 1. The highest BCUT2D eigenvalue weighted by Gasteiger charge is 2.37. The normalized spacial score (nSPS) is 19.9. The molecule has 0 unspecified atom stereocenters. The van der Waals surface area contributed by atoms with Gasteiger partial charge in [-0.25, -0.2) is 8.42 Å². The van der Waals surface area contributed by atoms with Crippen molar-refractivity contribution in [2.45, 2.75) is 44.7 Å². The summed E-state index contributed by atoms with van der Waals surface area (Å²) < 4.78 is 39.4. The summed E-state index contributed by atoms with van der Waals surface area (Å²) in [6.07, 6.45) is -0.568. The number of aryl methyl sites for hydroxylation is 2. The number of ether oxygens (including phenoxy) is 1. The summed E-state index contributed by atoms with van der Waals surface area (Å²) in [5, 5.41) is 13.6. The molecule has 0 fully saturated rings. The number of para-hydroxylation sites is 1. The van der Waals surface area contributed by atoms with Crippen molar-refractivity contribution < 1.29 is 27.6 Å². The van der Waals surface area contributed by atoms with Gasteiger partial charge in [-0.2, -0.15) is 4.31 Å². The van der Waals surface area contributed by atoms with Crippen LogP contribution in [-0.4, -0.2) is 86.8 Å². The van der Waals surface area contributed by atoms with Crippen LogP contribution in [0.3, 0.4) is 0 Å². The lowest BCUT2D eigenvalue weighted by atomic mass is 9.99. The molecule has 11 heteroatoms. The lowest BCUT2D eigenvalue weighted by Crippen LogP contribution is -2.50. The predicted molar refractivity (Wildman–Crippen MR) is 128 cm³/mol. The van der Waals surface area contributed by atoms with Gasteiger partial charge in [0, 0.05) is 33.6 Å². The number of hydrogen-bond acceptors (Lipinski definition) is 8. The van der Waals surface area contributed by atoms with Gasteiger partial charge in [0.25, 0.3) is 5.91 Å². The molecule has 1 aliphatic heterocycles. The number of aliphatic hydroxyl groups excluding tert-OH is 1. The van der Waals surface area contributed by atoms with E-state index < -0.39 is 22.2 Å². The molecule has 0 spiro atoms. The van der Waals surface area contributed by atoms with E-state index in [4.69, 9.17) is 9.26 Å². The molecule has 10 nitrogen and oxygen atoms in total. The number of amides is 1. The number of anilines is 1. The number of likely N-dealkylation sites (N-methyl/N-ethyl adjacent to an activating group) is 1. The van der Waals surface area contributed by atoms with E-state index in [1.165, 1.54) is 11.4 Å². The van der Waals surface area contributed by atoms with Gasteiger partial charge < -0.3 is 24.2 Å². The molecule has 0 saturated carbocycles. The van der Waals surface area contributed by atoms with E-state index in [-0.39, 0.29) is 35.6 Å². The highest BCUT2D eigenvalue weighted by Crippen LogP contribution is 2.36. The Labute approximate surface area is 201 Å². The third-order valence-electron chi connectivity index (χ3n) is 6.23. The third-order valence-corrected chi connectivity index (χ3v) is 8.29.